The molecule has 190 valence electrons. The SMILES string of the molecule is O=C(Oc1ccc2nc(N3CCOCC3)sc2c1)c1ccc(S(=O)(=O)N2CCc3ccccc3C2)cc1. The lowest BCUT2D eigenvalue weighted by Gasteiger charge is -2.28. The van der Waals surface area contributed by atoms with Crippen LogP contribution in [-0.2, 0) is 27.7 Å². The van der Waals surface area contributed by atoms with Crippen molar-refractivity contribution in [3.05, 3.63) is 83.4 Å². The van der Waals surface area contributed by atoms with Crippen LogP contribution in [0.25, 0.3) is 10.2 Å². The molecule has 0 unspecified atom stereocenters. The van der Waals surface area contributed by atoms with Gasteiger partial charge in [0.15, 0.2) is 5.13 Å². The average molecular weight is 536 g/mol. The molecule has 3 aromatic carbocycles. The third-order valence-corrected chi connectivity index (χ3v) is 9.60. The van der Waals surface area contributed by atoms with Crippen molar-refractivity contribution in [2.75, 3.05) is 37.7 Å². The Bertz CT molecular complexity index is 1560. The van der Waals surface area contributed by atoms with Crippen LogP contribution in [0.1, 0.15) is 21.5 Å². The quantitative estimate of drug-likeness (QED) is 0.281. The Morgan fingerprint density at radius 3 is 2.49 bits per heavy atom. The number of benzene rings is 3. The number of hydrogen-bond donors (Lipinski definition) is 0. The minimum absolute atomic E-state index is 0.158. The van der Waals surface area contributed by atoms with Crippen molar-refractivity contribution in [1.82, 2.24) is 9.29 Å². The number of morpholine rings is 1. The summed E-state index contributed by atoms with van der Waals surface area (Å²) in [6.07, 6.45) is 0.678. The van der Waals surface area contributed by atoms with Crippen molar-refractivity contribution in [2.45, 2.75) is 17.9 Å². The summed E-state index contributed by atoms with van der Waals surface area (Å²) in [6.45, 7) is 3.75. The monoisotopic (exact) mass is 535 g/mol. The number of thiazole rings is 1. The number of rotatable bonds is 5. The average Bonchev–Trinajstić information content (AvgIpc) is 3.37. The first-order valence-electron chi connectivity index (χ1n) is 12.1. The first-order chi connectivity index (χ1) is 18.0. The summed E-state index contributed by atoms with van der Waals surface area (Å²) in [4.78, 5) is 19.8. The molecule has 2 aliphatic heterocycles. The molecule has 2 aliphatic rings. The van der Waals surface area contributed by atoms with Crippen molar-refractivity contribution in [2.24, 2.45) is 0 Å². The fraction of sp³-hybridized carbons (Fsp3) is 0.259. The third kappa shape index (κ3) is 4.85. The van der Waals surface area contributed by atoms with Crippen LogP contribution in [0.2, 0.25) is 0 Å². The maximum atomic E-state index is 13.2. The van der Waals surface area contributed by atoms with Crippen molar-refractivity contribution in [3.63, 3.8) is 0 Å². The standard InChI is InChI=1S/C27H25N3O5S2/c31-26(35-22-7-10-24-25(17-22)36-27(28-24)29-13-15-34-16-14-29)20-5-8-23(9-6-20)37(32,33)30-12-11-19-3-1-2-4-21(19)18-30/h1-10,17H,11-16,18H2. The highest BCUT2D eigenvalue weighted by Crippen LogP contribution is 2.32. The van der Waals surface area contributed by atoms with E-state index in [4.69, 9.17) is 9.47 Å². The zero-order valence-electron chi connectivity index (χ0n) is 20.0. The molecule has 0 amide bonds. The molecule has 10 heteroatoms. The Morgan fingerprint density at radius 1 is 0.946 bits per heavy atom. The van der Waals surface area contributed by atoms with Crippen molar-refractivity contribution in [3.8, 4) is 5.75 Å². The second kappa shape index (κ2) is 9.86. The molecule has 0 bridgehead atoms. The molecule has 3 heterocycles. The van der Waals surface area contributed by atoms with Gasteiger partial charge < -0.3 is 14.4 Å². The molecule has 0 saturated carbocycles. The van der Waals surface area contributed by atoms with Crippen LogP contribution in [0.4, 0.5) is 5.13 Å². The maximum Gasteiger partial charge on any atom is 0.343 e. The number of esters is 1. The lowest BCUT2D eigenvalue weighted by molar-refractivity contribution is 0.0735. The lowest BCUT2D eigenvalue weighted by Crippen LogP contribution is -2.36. The van der Waals surface area contributed by atoms with E-state index in [9.17, 15) is 13.2 Å². The summed E-state index contributed by atoms with van der Waals surface area (Å²) >= 11 is 1.55. The molecule has 0 aliphatic carbocycles. The van der Waals surface area contributed by atoms with Gasteiger partial charge in [0.1, 0.15) is 5.75 Å². The highest BCUT2D eigenvalue weighted by Gasteiger charge is 2.28. The summed E-state index contributed by atoms with van der Waals surface area (Å²) in [7, 11) is -3.67. The molecule has 8 nitrogen and oxygen atoms in total. The summed E-state index contributed by atoms with van der Waals surface area (Å²) in [5.41, 5.74) is 3.33. The normalized spacial score (nSPS) is 16.5. The van der Waals surface area contributed by atoms with Gasteiger partial charge in [0, 0.05) is 32.2 Å². The number of carbonyl (C=O) groups excluding carboxylic acids is 1. The van der Waals surface area contributed by atoms with E-state index in [1.54, 1.807) is 17.4 Å². The minimum atomic E-state index is -3.67. The van der Waals surface area contributed by atoms with E-state index in [0.29, 0.717) is 38.5 Å². The van der Waals surface area contributed by atoms with Crippen LogP contribution in [-0.4, -0.2) is 56.5 Å². The summed E-state index contributed by atoms with van der Waals surface area (Å²) in [6, 6.07) is 19.2. The van der Waals surface area contributed by atoms with Gasteiger partial charge in [-0.05, 0) is 53.9 Å². The van der Waals surface area contributed by atoms with Crippen molar-refractivity contribution < 1.29 is 22.7 Å². The molecule has 0 N–H and O–H groups in total. The van der Waals surface area contributed by atoms with Crippen LogP contribution in [0.15, 0.2) is 71.6 Å². The first kappa shape index (κ1) is 24.1. The molecule has 0 atom stereocenters. The molecule has 1 saturated heterocycles. The van der Waals surface area contributed by atoms with E-state index in [1.807, 2.05) is 36.4 Å². The predicted molar refractivity (Wildman–Crippen MR) is 142 cm³/mol. The number of hydrogen-bond acceptors (Lipinski definition) is 8. The van der Waals surface area contributed by atoms with Crippen LogP contribution < -0.4 is 9.64 Å². The molecule has 6 rings (SSSR count). The number of carbonyl (C=O) groups is 1. The molecule has 0 spiro atoms. The van der Waals surface area contributed by atoms with Gasteiger partial charge in [-0.1, -0.05) is 35.6 Å². The number of nitrogens with zero attached hydrogens (tertiary/aromatic N) is 3. The Balaban J connectivity index is 1.15. The Labute approximate surface area is 219 Å². The van der Waals surface area contributed by atoms with Gasteiger partial charge in [-0.15, -0.1) is 0 Å². The molecule has 37 heavy (non-hydrogen) atoms. The largest absolute Gasteiger partial charge is 0.423 e. The van der Waals surface area contributed by atoms with Crippen LogP contribution in [0.5, 0.6) is 5.75 Å². The fourth-order valence-electron chi connectivity index (χ4n) is 4.60. The molecular weight excluding hydrogens is 510 g/mol. The van der Waals surface area contributed by atoms with E-state index >= 15 is 0 Å². The number of sulfonamides is 1. The molecule has 1 fully saturated rings. The smallest absolute Gasteiger partial charge is 0.343 e. The van der Waals surface area contributed by atoms with Crippen LogP contribution >= 0.6 is 11.3 Å². The van der Waals surface area contributed by atoms with Gasteiger partial charge in [0.25, 0.3) is 0 Å². The van der Waals surface area contributed by atoms with Crippen LogP contribution in [0, 0.1) is 0 Å². The lowest BCUT2D eigenvalue weighted by atomic mass is 10.0. The predicted octanol–water partition coefficient (Wildman–Crippen LogP) is 4.10. The topological polar surface area (TPSA) is 89.0 Å². The Kier molecular flexibility index (Phi) is 6.41. The van der Waals surface area contributed by atoms with E-state index in [2.05, 4.69) is 9.88 Å². The molecular formula is C27H25N3O5S2. The summed E-state index contributed by atoms with van der Waals surface area (Å²) in [5, 5.41) is 0.927. The van der Waals surface area contributed by atoms with E-state index in [0.717, 1.165) is 34.0 Å². The summed E-state index contributed by atoms with van der Waals surface area (Å²) < 4.78 is 39.8. The molecule has 0 radical (unpaired) electrons. The summed E-state index contributed by atoms with van der Waals surface area (Å²) in [5.74, 6) is -0.133. The van der Waals surface area contributed by atoms with Gasteiger partial charge in [-0.2, -0.15) is 4.31 Å². The first-order valence-corrected chi connectivity index (χ1v) is 14.4. The van der Waals surface area contributed by atoms with Crippen LogP contribution in [0.3, 0.4) is 0 Å². The highest BCUT2D eigenvalue weighted by molar-refractivity contribution is 7.89. The van der Waals surface area contributed by atoms with Gasteiger partial charge in [0.2, 0.25) is 10.0 Å². The molecule has 4 aromatic rings. The number of aromatic nitrogens is 1. The fourth-order valence-corrected chi connectivity index (χ4v) is 7.06. The Hall–Kier alpha value is -3.31. The van der Waals surface area contributed by atoms with E-state index in [1.165, 1.54) is 34.1 Å². The number of fused-ring (bicyclic) bond motifs is 2. The van der Waals surface area contributed by atoms with Gasteiger partial charge in [-0.25, -0.2) is 18.2 Å². The molecule has 1 aromatic heterocycles. The zero-order valence-corrected chi connectivity index (χ0v) is 21.6. The van der Waals surface area contributed by atoms with Gasteiger partial charge in [-0.3, -0.25) is 0 Å². The number of ether oxygens (including phenoxy) is 2. The van der Waals surface area contributed by atoms with Crippen molar-refractivity contribution in [1.29, 1.82) is 0 Å². The highest BCUT2D eigenvalue weighted by atomic mass is 32.2. The van der Waals surface area contributed by atoms with E-state index in [-0.39, 0.29) is 10.5 Å². The van der Waals surface area contributed by atoms with Gasteiger partial charge in [0.05, 0.1) is 33.9 Å². The second-order valence-electron chi connectivity index (χ2n) is 9.00. The Morgan fingerprint density at radius 2 is 1.70 bits per heavy atom. The van der Waals surface area contributed by atoms with Crippen molar-refractivity contribution >= 4 is 42.7 Å². The van der Waals surface area contributed by atoms with E-state index < -0.39 is 16.0 Å². The van der Waals surface area contributed by atoms with Gasteiger partial charge >= 0.3 is 5.97 Å². The maximum absolute atomic E-state index is 13.2. The number of anilines is 1. The minimum Gasteiger partial charge on any atom is -0.423 e. The second-order valence-corrected chi connectivity index (χ2v) is 11.9. The zero-order chi connectivity index (χ0) is 25.4. The third-order valence-electron chi connectivity index (χ3n) is 6.66.